The first-order valence-corrected chi connectivity index (χ1v) is 8.14. The van der Waals surface area contributed by atoms with Crippen LogP contribution in [-0.4, -0.2) is 30.1 Å². The van der Waals surface area contributed by atoms with Crippen LogP contribution in [0, 0.1) is 5.82 Å². The van der Waals surface area contributed by atoms with Crippen LogP contribution < -0.4 is 15.2 Å². The Morgan fingerprint density at radius 3 is 2.59 bits per heavy atom. The summed E-state index contributed by atoms with van der Waals surface area (Å²) in [4.78, 5) is 20.1. The number of ether oxygens (including phenoxy) is 2. The molecule has 0 fully saturated rings. The monoisotopic (exact) mass is 367 g/mol. The second-order valence-electron chi connectivity index (χ2n) is 5.79. The summed E-state index contributed by atoms with van der Waals surface area (Å²) in [5.74, 6) is -0.884. The van der Waals surface area contributed by atoms with E-state index in [1.165, 1.54) is 25.6 Å². The van der Waals surface area contributed by atoms with Crippen LogP contribution in [-0.2, 0) is 6.42 Å². The summed E-state index contributed by atoms with van der Waals surface area (Å²) in [6.07, 6.45) is 1.73. The van der Waals surface area contributed by atoms with Crippen molar-refractivity contribution < 1.29 is 18.7 Å². The van der Waals surface area contributed by atoms with E-state index in [2.05, 4.69) is 9.97 Å². The van der Waals surface area contributed by atoms with Crippen LogP contribution in [0.15, 0.2) is 48.8 Å². The van der Waals surface area contributed by atoms with Crippen molar-refractivity contribution >= 4 is 5.91 Å². The fourth-order valence-electron chi connectivity index (χ4n) is 2.85. The van der Waals surface area contributed by atoms with Crippen molar-refractivity contribution in [3.63, 3.8) is 0 Å². The molecule has 0 aliphatic rings. The van der Waals surface area contributed by atoms with Gasteiger partial charge in [0.1, 0.15) is 12.1 Å². The molecule has 0 bridgehead atoms. The summed E-state index contributed by atoms with van der Waals surface area (Å²) >= 11 is 0. The summed E-state index contributed by atoms with van der Waals surface area (Å²) in [6, 6.07) is 12.1. The second kappa shape index (κ2) is 7.82. The van der Waals surface area contributed by atoms with Crippen LogP contribution in [0.5, 0.6) is 11.5 Å². The van der Waals surface area contributed by atoms with Gasteiger partial charge in [0, 0.05) is 17.7 Å². The number of rotatable bonds is 6. The molecule has 6 nitrogen and oxygen atoms in total. The third kappa shape index (κ3) is 3.87. The zero-order valence-corrected chi connectivity index (χ0v) is 14.9. The Kier molecular flexibility index (Phi) is 5.30. The molecule has 3 aromatic rings. The molecular formula is C20H18FN3O3. The molecular weight excluding hydrogens is 349 g/mol. The van der Waals surface area contributed by atoms with Crippen molar-refractivity contribution in [2.75, 3.05) is 14.2 Å². The van der Waals surface area contributed by atoms with Crippen LogP contribution in [0.2, 0.25) is 0 Å². The first kappa shape index (κ1) is 18.3. The summed E-state index contributed by atoms with van der Waals surface area (Å²) in [7, 11) is 2.88. The lowest BCUT2D eigenvalue weighted by Gasteiger charge is -2.11. The van der Waals surface area contributed by atoms with Crippen LogP contribution in [0.25, 0.3) is 11.3 Å². The summed E-state index contributed by atoms with van der Waals surface area (Å²) in [5.41, 5.74) is 8.03. The third-order valence-electron chi connectivity index (χ3n) is 4.06. The fraction of sp³-hybridized carbons (Fsp3) is 0.150. The molecule has 0 aliphatic heterocycles. The van der Waals surface area contributed by atoms with Crippen molar-refractivity contribution in [1.29, 1.82) is 0 Å². The number of halogens is 1. The zero-order chi connectivity index (χ0) is 19.4. The van der Waals surface area contributed by atoms with E-state index in [4.69, 9.17) is 15.2 Å². The van der Waals surface area contributed by atoms with Gasteiger partial charge in [-0.25, -0.2) is 14.4 Å². The Hall–Kier alpha value is -3.48. The van der Waals surface area contributed by atoms with Crippen LogP contribution in [0.3, 0.4) is 0 Å². The smallest absolute Gasteiger partial charge is 0.252 e. The van der Waals surface area contributed by atoms with Gasteiger partial charge in [-0.15, -0.1) is 0 Å². The lowest BCUT2D eigenvalue weighted by atomic mass is 10.0. The van der Waals surface area contributed by atoms with Gasteiger partial charge in [-0.2, -0.15) is 0 Å². The largest absolute Gasteiger partial charge is 0.496 e. The van der Waals surface area contributed by atoms with Gasteiger partial charge in [-0.05, 0) is 35.9 Å². The summed E-state index contributed by atoms with van der Waals surface area (Å²) in [5, 5.41) is 0. The highest BCUT2D eigenvalue weighted by Crippen LogP contribution is 2.29. The molecule has 0 aliphatic carbocycles. The topological polar surface area (TPSA) is 87.3 Å². The van der Waals surface area contributed by atoms with Crippen molar-refractivity contribution in [3.05, 3.63) is 71.4 Å². The number of hydrogen-bond acceptors (Lipinski definition) is 5. The maximum atomic E-state index is 14.2. The minimum Gasteiger partial charge on any atom is -0.496 e. The molecule has 0 unspecified atom stereocenters. The standard InChI is InChI=1S/C20H18FN3O3/c1-26-18-6-4-3-5-14(18)17-10-13(23-11-24-17)7-12-8-15(20(22)25)19(27-2)16(21)9-12/h3-6,8-11H,7H2,1-2H3,(H2,22,25). The lowest BCUT2D eigenvalue weighted by Crippen LogP contribution is -2.14. The molecule has 0 atom stereocenters. The molecule has 3 rings (SSSR count). The van der Waals surface area contributed by atoms with E-state index in [1.807, 2.05) is 24.3 Å². The number of carbonyl (C=O) groups excluding carboxylic acids is 1. The Morgan fingerprint density at radius 2 is 1.89 bits per heavy atom. The molecule has 2 aromatic carbocycles. The van der Waals surface area contributed by atoms with E-state index in [-0.39, 0.29) is 11.3 Å². The number of methoxy groups -OCH3 is 2. The van der Waals surface area contributed by atoms with Crippen molar-refractivity contribution in [3.8, 4) is 22.8 Å². The predicted octanol–water partition coefficient (Wildman–Crippen LogP) is 2.99. The first-order valence-electron chi connectivity index (χ1n) is 8.14. The van der Waals surface area contributed by atoms with Crippen molar-refractivity contribution in [2.45, 2.75) is 6.42 Å². The average molecular weight is 367 g/mol. The van der Waals surface area contributed by atoms with E-state index in [0.29, 0.717) is 29.1 Å². The predicted molar refractivity (Wildman–Crippen MR) is 98.3 cm³/mol. The lowest BCUT2D eigenvalue weighted by molar-refractivity contribution is 0.0996. The van der Waals surface area contributed by atoms with Gasteiger partial charge in [0.05, 0.1) is 25.5 Å². The van der Waals surface area contributed by atoms with E-state index in [0.717, 1.165) is 5.56 Å². The van der Waals surface area contributed by atoms with Crippen LogP contribution >= 0.6 is 0 Å². The van der Waals surface area contributed by atoms with Gasteiger partial charge in [0.25, 0.3) is 5.91 Å². The number of para-hydroxylation sites is 1. The number of nitrogens with two attached hydrogens (primary N) is 1. The number of carbonyl (C=O) groups is 1. The maximum Gasteiger partial charge on any atom is 0.252 e. The van der Waals surface area contributed by atoms with Crippen molar-refractivity contribution in [2.24, 2.45) is 5.73 Å². The van der Waals surface area contributed by atoms with E-state index in [9.17, 15) is 9.18 Å². The van der Waals surface area contributed by atoms with Crippen LogP contribution in [0.1, 0.15) is 21.6 Å². The Labute approximate surface area is 155 Å². The number of nitrogens with zero attached hydrogens (tertiary/aromatic N) is 2. The molecule has 138 valence electrons. The highest BCUT2D eigenvalue weighted by molar-refractivity contribution is 5.96. The van der Waals surface area contributed by atoms with Crippen LogP contribution in [0.4, 0.5) is 4.39 Å². The number of primary amides is 1. The molecule has 1 aromatic heterocycles. The fourth-order valence-corrected chi connectivity index (χ4v) is 2.85. The second-order valence-corrected chi connectivity index (χ2v) is 5.79. The third-order valence-corrected chi connectivity index (χ3v) is 4.06. The quantitative estimate of drug-likeness (QED) is 0.724. The Morgan fingerprint density at radius 1 is 1.11 bits per heavy atom. The van der Waals surface area contributed by atoms with Gasteiger partial charge < -0.3 is 15.2 Å². The number of aromatic nitrogens is 2. The average Bonchev–Trinajstić information content (AvgIpc) is 2.67. The highest BCUT2D eigenvalue weighted by atomic mass is 19.1. The van der Waals surface area contributed by atoms with Crippen molar-refractivity contribution in [1.82, 2.24) is 9.97 Å². The molecule has 1 amide bonds. The molecule has 0 spiro atoms. The Bertz CT molecular complexity index is 992. The van der Waals surface area contributed by atoms with Gasteiger partial charge in [0.2, 0.25) is 0 Å². The number of amides is 1. The highest BCUT2D eigenvalue weighted by Gasteiger charge is 2.16. The molecule has 1 heterocycles. The zero-order valence-electron chi connectivity index (χ0n) is 14.9. The van der Waals surface area contributed by atoms with Gasteiger partial charge in [-0.1, -0.05) is 12.1 Å². The summed E-state index contributed by atoms with van der Waals surface area (Å²) < 4.78 is 24.5. The van der Waals surface area contributed by atoms with E-state index in [1.54, 1.807) is 13.2 Å². The molecule has 2 N–H and O–H groups in total. The number of hydrogen-bond donors (Lipinski definition) is 1. The summed E-state index contributed by atoms with van der Waals surface area (Å²) in [6.45, 7) is 0. The first-order chi connectivity index (χ1) is 13.0. The Balaban J connectivity index is 1.97. The molecule has 27 heavy (non-hydrogen) atoms. The van der Waals surface area contributed by atoms with Gasteiger partial charge in [0.15, 0.2) is 11.6 Å². The molecule has 0 saturated carbocycles. The van der Waals surface area contributed by atoms with E-state index >= 15 is 0 Å². The minimum absolute atomic E-state index is 0.00786. The number of benzene rings is 2. The SMILES string of the molecule is COc1ccccc1-c1cc(Cc2cc(F)c(OC)c(C(N)=O)c2)ncn1. The normalized spacial score (nSPS) is 10.5. The van der Waals surface area contributed by atoms with E-state index < -0.39 is 11.7 Å². The van der Waals surface area contributed by atoms with Gasteiger partial charge in [-0.3, -0.25) is 4.79 Å². The van der Waals surface area contributed by atoms with Gasteiger partial charge >= 0.3 is 0 Å². The maximum absolute atomic E-state index is 14.2. The minimum atomic E-state index is -0.759. The molecule has 7 heteroatoms. The molecule has 0 radical (unpaired) electrons. The molecule has 0 saturated heterocycles.